The number of likely N-dealkylation sites (tertiary alicyclic amines) is 1. The van der Waals surface area contributed by atoms with Crippen LogP contribution in [0.2, 0.25) is 0 Å². The van der Waals surface area contributed by atoms with Crippen molar-refractivity contribution in [3.05, 3.63) is 84.1 Å². The molecule has 0 bridgehead atoms. The van der Waals surface area contributed by atoms with Crippen molar-refractivity contribution in [2.45, 2.75) is 97.8 Å². The van der Waals surface area contributed by atoms with Gasteiger partial charge in [-0.3, -0.25) is 0 Å². The number of nitrogens with zero attached hydrogens (tertiary/aromatic N) is 7. The zero-order valence-corrected chi connectivity index (χ0v) is 39.3. The molecule has 330 valence electrons. The Labute approximate surface area is 379 Å². The number of hydrogen-bond acceptors (Lipinski definition) is 10. The monoisotopic (exact) mass is 871 g/mol. The summed E-state index contributed by atoms with van der Waals surface area (Å²) in [7, 11) is 0. The largest absolute Gasteiger partial charge is 0.356 e. The van der Waals surface area contributed by atoms with Crippen LogP contribution in [0.3, 0.4) is 0 Å². The van der Waals surface area contributed by atoms with E-state index in [0.29, 0.717) is 0 Å². The molecule has 1 atom stereocenters. The fourth-order valence-corrected chi connectivity index (χ4v) is 11.4. The second-order valence-electron chi connectivity index (χ2n) is 18.5. The molecule has 2 aromatic carbocycles. The Kier molecular flexibility index (Phi) is 16.3. The number of thiophene rings is 2. The number of nitrogens with one attached hydrogen (secondary N) is 1. The molecule has 3 saturated heterocycles. The molecule has 10 rings (SSSR count). The SMILES string of the molecule is CC1CCN(CC2CCN(c3ncnc4scc(-c5ccccc5)c34)CC2)C1.CCCCCCC.c1ccc(-c2csc3ncnc(N4CCC(CNCC5CC5)CC4)c23)cc1. The van der Waals surface area contributed by atoms with Gasteiger partial charge in [-0.2, -0.15) is 0 Å². The number of fused-ring (bicyclic) bond motifs is 2. The van der Waals surface area contributed by atoms with E-state index in [-0.39, 0.29) is 0 Å². The Morgan fingerprint density at radius 2 is 1.05 bits per heavy atom. The molecule has 1 aliphatic carbocycles. The Hall–Kier alpha value is -3.96. The summed E-state index contributed by atoms with van der Waals surface area (Å²) in [4.78, 5) is 28.4. The van der Waals surface area contributed by atoms with Crippen molar-refractivity contribution < 1.29 is 0 Å². The molecule has 10 heteroatoms. The molecule has 7 heterocycles. The van der Waals surface area contributed by atoms with Gasteiger partial charge in [0.2, 0.25) is 0 Å². The first-order valence-electron chi connectivity index (χ1n) is 24.1. The fourth-order valence-electron chi connectivity index (χ4n) is 9.58. The highest BCUT2D eigenvalue weighted by Crippen LogP contribution is 2.40. The maximum atomic E-state index is 4.74. The molecule has 62 heavy (non-hydrogen) atoms. The Bertz CT molecular complexity index is 2220. The summed E-state index contributed by atoms with van der Waals surface area (Å²) in [6.45, 7) is 17.5. The zero-order valence-electron chi connectivity index (χ0n) is 37.7. The summed E-state index contributed by atoms with van der Waals surface area (Å²) in [5.41, 5.74) is 5.03. The zero-order chi connectivity index (χ0) is 42.5. The van der Waals surface area contributed by atoms with E-state index < -0.39 is 0 Å². The predicted octanol–water partition coefficient (Wildman–Crippen LogP) is 12.5. The second kappa shape index (κ2) is 22.6. The first-order chi connectivity index (χ1) is 30.6. The maximum absolute atomic E-state index is 4.74. The minimum atomic E-state index is 0.799. The fraction of sp³-hybridized carbons (Fsp3) is 0.538. The molecule has 6 aromatic rings. The molecular weight excluding hydrogens is 801 g/mol. The topological polar surface area (TPSA) is 73.3 Å². The number of rotatable bonds is 14. The van der Waals surface area contributed by atoms with Crippen molar-refractivity contribution in [3.63, 3.8) is 0 Å². The molecule has 0 amide bonds. The summed E-state index contributed by atoms with van der Waals surface area (Å²) in [6.07, 6.45) is 19.7. The van der Waals surface area contributed by atoms with Crippen LogP contribution in [0.4, 0.5) is 11.6 Å². The van der Waals surface area contributed by atoms with Gasteiger partial charge in [0, 0.05) is 61.2 Å². The molecule has 0 radical (unpaired) electrons. The molecule has 0 spiro atoms. The van der Waals surface area contributed by atoms with Crippen molar-refractivity contribution >= 4 is 54.7 Å². The van der Waals surface area contributed by atoms with Gasteiger partial charge in [0.25, 0.3) is 0 Å². The van der Waals surface area contributed by atoms with E-state index in [1.165, 1.54) is 143 Å². The third kappa shape index (κ3) is 11.8. The van der Waals surface area contributed by atoms with Gasteiger partial charge >= 0.3 is 0 Å². The van der Waals surface area contributed by atoms with E-state index in [0.717, 1.165) is 71.1 Å². The van der Waals surface area contributed by atoms with E-state index in [1.807, 2.05) is 0 Å². The van der Waals surface area contributed by atoms with Crippen LogP contribution in [0.1, 0.15) is 97.8 Å². The van der Waals surface area contributed by atoms with Crippen molar-refractivity contribution in [1.82, 2.24) is 30.2 Å². The van der Waals surface area contributed by atoms with E-state index in [1.54, 1.807) is 35.3 Å². The standard InChI is InChI=1S/C23H28N4S.C22H26N4S.C7H16/c1-17-7-10-26(13-17)14-18-8-11-27(12-9-18)22-21-20(19-5-3-2-4-6-19)15-28-23(21)25-16-24-22;1-2-4-18(5-3-1)19-14-27-22-20(19)21(24-15-25-22)26-10-8-17(9-11-26)13-23-12-16-6-7-16;1-3-5-7-6-4-2/h2-6,15-18H,7-14H2,1H3;1-5,14-17,23H,6-13H2;3-7H2,1-2H3. The van der Waals surface area contributed by atoms with Gasteiger partial charge in [-0.25, -0.2) is 19.9 Å². The molecule has 3 aliphatic heterocycles. The normalized spacial score (nSPS) is 18.8. The molecule has 1 unspecified atom stereocenters. The molecule has 1 N–H and O–H groups in total. The highest BCUT2D eigenvalue weighted by atomic mass is 32.1. The summed E-state index contributed by atoms with van der Waals surface area (Å²) in [5.74, 6) is 5.71. The van der Waals surface area contributed by atoms with Crippen LogP contribution in [-0.4, -0.2) is 83.7 Å². The van der Waals surface area contributed by atoms with Crippen LogP contribution in [0, 0.1) is 23.7 Å². The molecule has 8 nitrogen and oxygen atoms in total. The summed E-state index contributed by atoms with van der Waals surface area (Å²) in [5, 5.41) is 10.6. The molecule has 1 saturated carbocycles. The third-order valence-corrected chi connectivity index (χ3v) is 15.3. The molecule has 4 aliphatic rings. The van der Waals surface area contributed by atoms with Gasteiger partial charge < -0.3 is 20.0 Å². The van der Waals surface area contributed by atoms with Crippen LogP contribution in [0.25, 0.3) is 42.7 Å². The van der Waals surface area contributed by atoms with Crippen molar-refractivity contribution in [2.75, 3.05) is 68.7 Å². The van der Waals surface area contributed by atoms with E-state index >= 15 is 0 Å². The van der Waals surface area contributed by atoms with Crippen molar-refractivity contribution in [1.29, 1.82) is 0 Å². The van der Waals surface area contributed by atoms with E-state index in [9.17, 15) is 0 Å². The first kappa shape index (κ1) is 44.6. The average molecular weight is 871 g/mol. The van der Waals surface area contributed by atoms with Gasteiger partial charge in [-0.1, -0.05) is 114 Å². The summed E-state index contributed by atoms with van der Waals surface area (Å²) < 4.78 is 0. The summed E-state index contributed by atoms with van der Waals surface area (Å²) in [6, 6.07) is 21.3. The Morgan fingerprint density at radius 1 is 0.565 bits per heavy atom. The molecule has 4 aromatic heterocycles. The van der Waals surface area contributed by atoms with Crippen LogP contribution >= 0.6 is 22.7 Å². The van der Waals surface area contributed by atoms with Crippen molar-refractivity contribution in [3.8, 4) is 22.3 Å². The second-order valence-corrected chi connectivity index (χ2v) is 20.2. The minimum absolute atomic E-state index is 0.799. The Morgan fingerprint density at radius 3 is 1.50 bits per heavy atom. The maximum Gasteiger partial charge on any atom is 0.141 e. The van der Waals surface area contributed by atoms with Gasteiger partial charge in [0.05, 0.1) is 10.8 Å². The van der Waals surface area contributed by atoms with Crippen LogP contribution in [-0.2, 0) is 0 Å². The lowest BCUT2D eigenvalue weighted by atomic mass is 9.96. The number of anilines is 2. The van der Waals surface area contributed by atoms with Crippen LogP contribution in [0.15, 0.2) is 84.1 Å². The third-order valence-electron chi connectivity index (χ3n) is 13.5. The first-order valence-corrected chi connectivity index (χ1v) is 25.8. The quantitative estimate of drug-likeness (QED) is 0.109. The lowest BCUT2D eigenvalue weighted by Gasteiger charge is -2.35. The number of unbranched alkanes of at least 4 members (excludes halogenated alkanes) is 4. The van der Waals surface area contributed by atoms with Gasteiger partial charge in [0.1, 0.15) is 34.0 Å². The highest BCUT2D eigenvalue weighted by molar-refractivity contribution is 7.17. The van der Waals surface area contributed by atoms with E-state index in [2.05, 4.69) is 122 Å². The Balaban J connectivity index is 0.000000148. The average Bonchev–Trinajstić information content (AvgIpc) is 3.65. The van der Waals surface area contributed by atoms with Crippen LogP contribution < -0.4 is 15.1 Å². The lowest BCUT2D eigenvalue weighted by molar-refractivity contribution is 0.244. The van der Waals surface area contributed by atoms with E-state index in [4.69, 9.17) is 9.97 Å². The smallest absolute Gasteiger partial charge is 0.141 e. The summed E-state index contributed by atoms with van der Waals surface area (Å²) >= 11 is 3.44. The lowest BCUT2D eigenvalue weighted by Crippen LogP contribution is -2.38. The number of hydrogen-bond donors (Lipinski definition) is 1. The highest BCUT2D eigenvalue weighted by Gasteiger charge is 2.28. The predicted molar refractivity (Wildman–Crippen MR) is 266 cm³/mol. The minimum Gasteiger partial charge on any atom is -0.356 e. The van der Waals surface area contributed by atoms with Crippen molar-refractivity contribution in [2.24, 2.45) is 23.7 Å². The van der Waals surface area contributed by atoms with Crippen LogP contribution in [0.5, 0.6) is 0 Å². The van der Waals surface area contributed by atoms with Gasteiger partial charge in [-0.15, -0.1) is 22.7 Å². The molecule has 4 fully saturated rings. The number of piperidine rings is 2. The number of benzene rings is 2. The van der Waals surface area contributed by atoms with Gasteiger partial charge in [-0.05, 0) is 99.4 Å². The van der Waals surface area contributed by atoms with Gasteiger partial charge in [0.15, 0.2) is 0 Å². The molecular formula is C52H70N8S2. The number of aromatic nitrogens is 4.